The van der Waals surface area contributed by atoms with Crippen LogP contribution >= 0.6 is 7.82 Å². The molecular formula is C58H91N4O16P. The molecule has 0 saturated heterocycles. The van der Waals surface area contributed by atoms with Gasteiger partial charge in [-0.2, -0.15) is 5.90 Å². The normalized spacial score (nSPS) is 16.8. The van der Waals surface area contributed by atoms with Crippen LogP contribution in [0.3, 0.4) is 0 Å². The van der Waals surface area contributed by atoms with Crippen LogP contribution in [0.4, 0.5) is 4.79 Å². The van der Waals surface area contributed by atoms with Gasteiger partial charge >= 0.3 is 31.8 Å². The lowest BCUT2D eigenvalue weighted by Gasteiger charge is -2.28. The number of carbonyl (C=O) groups is 7. The highest BCUT2D eigenvalue weighted by molar-refractivity contribution is 7.47. The number of unbranched alkanes of at least 4 members (excludes halogenated alkanes) is 12. The molecule has 0 aromatic heterocycles. The van der Waals surface area contributed by atoms with E-state index in [4.69, 9.17) is 33.9 Å². The van der Waals surface area contributed by atoms with E-state index in [9.17, 15) is 43.0 Å². The number of rotatable bonds is 38. The number of fused-ring (bicyclic) bond motifs is 11. The Morgan fingerprint density at radius 2 is 1.39 bits per heavy atom. The van der Waals surface area contributed by atoms with Gasteiger partial charge in [0.1, 0.15) is 19.0 Å². The van der Waals surface area contributed by atoms with E-state index in [1.54, 1.807) is 19.1 Å². The third kappa shape index (κ3) is 30.7. The number of amides is 3. The number of nitrogens with one attached hydrogen (secondary N) is 3. The molecule has 21 heteroatoms. The number of hydrogen-bond acceptors (Lipinski definition) is 16. The van der Waals surface area contributed by atoms with Crippen molar-refractivity contribution >= 4 is 49.4 Å². The molecule has 2 aromatic rings. The molecule has 20 nitrogen and oxygen atoms in total. The van der Waals surface area contributed by atoms with Crippen LogP contribution in [0.25, 0.3) is 0 Å². The van der Waals surface area contributed by atoms with E-state index in [0.29, 0.717) is 50.9 Å². The molecular weight excluding hydrogens is 1040 g/mol. The van der Waals surface area contributed by atoms with E-state index in [2.05, 4.69) is 27.7 Å². The standard InChI is InChI=1S/C58H91N4O16P/c1-5-7-8-9-10-11-12-13-14-15-16-17-18-22-54(65)74-41-48(77-55(66)20-6-2)42-76-79(70,71)75-37-34-60-53(64)33-36-73-58(69)61-40-46-25-23-44(24-26-46)29-32-52(63)51-39-45-27-30-47(31-28-45)72-35-19-21-49(57(68)78-59)50(38-43(3)4)56(67)62-51/h23-28,30-31,43,48-51H,5-22,29,32-42,59H2,1-4H3,(H,60,64)(H,61,69)(H,62,67)(H,70,71)/t48-,49+,50-,51+/m1/s1. The Balaban J connectivity index is 1.34. The number of ketones is 1. The van der Waals surface area contributed by atoms with Gasteiger partial charge in [-0.15, -0.1) is 0 Å². The number of phosphoric ester groups is 1. The van der Waals surface area contributed by atoms with Crippen molar-refractivity contribution in [1.29, 1.82) is 0 Å². The van der Waals surface area contributed by atoms with Crippen molar-refractivity contribution in [1.82, 2.24) is 16.0 Å². The molecule has 2 heterocycles. The first kappa shape index (κ1) is 67.9. The molecule has 2 bridgehead atoms. The molecule has 0 radical (unpaired) electrons. The van der Waals surface area contributed by atoms with E-state index >= 15 is 0 Å². The highest BCUT2D eigenvalue weighted by Gasteiger charge is 2.37. The zero-order valence-electron chi connectivity index (χ0n) is 47.3. The number of nitrogens with two attached hydrogens (primary N) is 1. The van der Waals surface area contributed by atoms with Gasteiger partial charge in [-0.3, -0.25) is 37.8 Å². The number of ether oxygens (including phenoxy) is 4. The van der Waals surface area contributed by atoms with Gasteiger partial charge in [0.15, 0.2) is 11.9 Å². The molecule has 0 aliphatic carbocycles. The molecule has 5 atom stereocenters. The quantitative estimate of drug-likeness (QED) is 0.0138. The van der Waals surface area contributed by atoms with Crippen molar-refractivity contribution < 1.29 is 75.9 Å². The van der Waals surface area contributed by atoms with Crippen molar-refractivity contribution in [2.24, 2.45) is 23.7 Å². The second kappa shape index (κ2) is 39.9. The highest BCUT2D eigenvalue weighted by atomic mass is 31.2. The summed E-state index contributed by atoms with van der Waals surface area (Å²) in [5.74, 6) is 1.60. The van der Waals surface area contributed by atoms with Crippen LogP contribution < -0.4 is 26.6 Å². The van der Waals surface area contributed by atoms with Crippen LogP contribution in [0, 0.1) is 17.8 Å². The Kier molecular flexibility index (Phi) is 34.3. The van der Waals surface area contributed by atoms with Crippen LogP contribution in [0.5, 0.6) is 5.75 Å². The van der Waals surface area contributed by atoms with Crippen LogP contribution in [-0.4, -0.2) is 98.2 Å². The molecule has 0 spiro atoms. The highest BCUT2D eigenvalue weighted by Crippen LogP contribution is 2.43. The van der Waals surface area contributed by atoms with E-state index < -0.39 is 80.8 Å². The maximum absolute atomic E-state index is 13.9. The minimum absolute atomic E-state index is 0.0679. The summed E-state index contributed by atoms with van der Waals surface area (Å²) in [5, 5.41) is 8.08. The molecule has 6 N–H and O–H groups in total. The second-order valence-corrected chi connectivity index (χ2v) is 22.1. The third-order valence-electron chi connectivity index (χ3n) is 13.4. The fourth-order valence-electron chi connectivity index (χ4n) is 9.00. The Morgan fingerprint density at radius 1 is 0.747 bits per heavy atom. The number of hydrogen-bond donors (Lipinski definition) is 5. The fraction of sp³-hybridized carbons (Fsp3) is 0.672. The third-order valence-corrected chi connectivity index (χ3v) is 14.4. The molecule has 79 heavy (non-hydrogen) atoms. The largest absolute Gasteiger partial charge is 0.494 e. The monoisotopic (exact) mass is 1130 g/mol. The first-order valence-electron chi connectivity index (χ1n) is 28.7. The maximum atomic E-state index is 13.9. The molecule has 2 aliphatic rings. The number of Topliss-reactive ketones (excluding diaryl/α,β-unsaturated/α-hetero) is 1. The first-order valence-corrected chi connectivity index (χ1v) is 30.2. The Labute approximate surface area is 467 Å². The molecule has 0 fully saturated rings. The second-order valence-electron chi connectivity index (χ2n) is 20.7. The lowest BCUT2D eigenvalue weighted by molar-refractivity contribution is -0.161. The van der Waals surface area contributed by atoms with Crippen molar-refractivity contribution in [3.8, 4) is 5.75 Å². The van der Waals surface area contributed by atoms with Crippen molar-refractivity contribution in [2.75, 3.05) is 39.6 Å². The number of alkyl carbamates (subject to hydrolysis) is 1. The van der Waals surface area contributed by atoms with Crippen LogP contribution in [0.2, 0.25) is 0 Å². The summed E-state index contributed by atoms with van der Waals surface area (Å²) < 4.78 is 44.2. The predicted molar refractivity (Wildman–Crippen MR) is 297 cm³/mol. The zero-order valence-corrected chi connectivity index (χ0v) is 48.2. The summed E-state index contributed by atoms with van der Waals surface area (Å²) >= 11 is 0. The number of aryl methyl sites for hydroxylation is 1. The maximum Gasteiger partial charge on any atom is 0.472 e. The molecule has 4 rings (SSSR count). The SMILES string of the molecule is CCCCCCCCCCCCCCCC(=O)OC[C@H](COP(=O)(O)OCCNC(=O)CCOC(=O)NCc1ccc(CCC(=O)[C@@H]2Cc3ccc(cc3)OCCC[C@H](C(=O)ON)[C@@H](CC(C)C)C(=O)N2)cc1)OC(=O)CCC. The minimum atomic E-state index is -4.67. The summed E-state index contributed by atoms with van der Waals surface area (Å²) in [6.07, 6.45) is 15.9. The van der Waals surface area contributed by atoms with Crippen LogP contribution in [-0.2, 0) is 80.8 Å². The Morgan fingerprint density at radius 3 is 2.03 bits per heavy atom. The summed E-state index contributed by atoms with van der Waals surface area (Å²) in [6.45, 7) is 6.60. The molecule has 2 aliphatic heterocycles. The molecule has 3 amide bonds. The predicted octanol–water partition coefficient (Wildman–Crippen LogP) is 9.39. The van der Waals surface area contributed by atoms with Gasteiger partial charge in [-0.1, -0.05) is 141 Å². The van der Waals surface area contributed by atoms with Gasteiger partial charge in [0.25, 0.3) is 0 Å². The Hall–Kier alpha value is -5.40. The molecule has 444 valence electrons. The topological polar surface area (TPSA) is 284 Å². The first-order chi connectivity index (χ1) is 38.0. The lowest BCUT2D eigenvalue weighted by Crippen LogP contribution is -2.48. The summed E-state index contributed by atoms with van der Waals surface area (Å²) in [6, 6.07) is 13.8. The van der Waals surface area contributed by atoms with E-state index in [0.717, 1.165) is 36.0 Å². The fourth-order valence-corrected chi connectivity index (χ4v) is 9.75. The zero-order chi connectivity index (χ0) is 57.7. The summed E-state index contributed by atoms with van der Waals surface area (Å²) in [7, 11) is -4.67. The van der Waals surface area contributed by atoms with Crippen molar-refractivity contribution in [3.05, 3.63) is 65.2 Å². The van der Waals surface area contributed by atoms with Gasteiger partial charge < -0.3 is 44.6 Å². The number of phosphoric acid groups is 1. The average molecular weight is 1130 g/mol. The smallest absolute Gasteiger partial charge is 0.472 e. The minimum Gasteiger partial charge on any atom is -0.494 e. The lowest BCUT2D eigenvalue weighted by atomic mass is 9.81. The molecule has 0 saturated carbocycles. The van der Waals surface area contributed by atoms with Gasteiger partial charge in [0, 0.05) is 32.4 Å². The van der Waals surface area contributed by atoms with Gasteiger partial charge in [0.2, 0.25) is 11.8 Å². The van der Waals surface area contributed by atoms with Gasteiger partial charge in [-0.25, -0.2) is 9.36 Å². The Bertz CT molecular complexity index is 2160. The number of carbonyl (C=O) groups excluding carboxylic acids is 7. The average Bonchev–Trinajstić information content (AvgIpc) is 3.43. The van der Waals surface area contributed by atoms with Gasteiger partial charge in [0.05, 0.1) is 44.1 Å². The van der Waals surface area contributed by atoms with Crippen LogP contribution in [0.15, 0.2) is 48.5 Å². The van der Waals surface area contributed by atoms with Crippen molar-refractivity contribution in [2.45, 2.75) is 194 Å². The number of benzene rings is 2. The van der Waals surface area contributed by atoms with Crippen LogP contribution in [0.1, 0.15) is 179 Å². The number of esters is 2. The van der Waals surface area contributed by atoms with E-state index in [1.165, 1.54) is 57.8 Å². The van der Waals surface area contributed by atoms with Crippen molar-refractivity contribution in [3.63, 3.8) is 0 Å². The summed E-state index contributed by atoms with van der Waals surface area (Å²) in [5.41, 5.74) is 2.43. The summed E-state index contributed by atoms with van der Waals surface area (Å²) in [4.78, 5) is 105. The van der Waals surface area contributed by atoms with Gasteiger partial charge in [-0.05, 0) is 79.7 Å². The molecule has 2 aromatic carbocycles. The van der Waals surface area contributed by atoms with E-state index in [1.807, 2.05) is 50.2 Å². The molecule has 1 unspecified atom stereocenters. The van der Waals surface area contributed by atoms with E-state index in [-0.39, 0.29) is 70.1 Å².